The van der Waals surface area contributed by atoms with Crippen molar-refractivity contribution >= 4 is 100 Å². The summed E-state index contributed by atoms with van der Waals surface area (Å²) in [7, 11) is 1.72. The maximum Gasteiger partial charge on any atom is 1.00 e. The molecule has 0 aliphatic heterocycles. The molecule has 0 radical (unpaired) electrons. The second-order valence-corrected chi connectivity index (χ2v) is 102. The third kappa shape index (κ3) is 17.3. The molecule has 8 atom stereocenters. The first-order valence-corrected chi connectivity index (χ1v) is 68.5. The Morgan fingerprint density at radius 1 is 0.373 bits per heavy atom. The third-order valence-corrected chi connectivity index (χ3v) is 107. The van der Waals surface area contributed by atoms with Gasteiger partial charge in [0.15, 0.2) is 0 Å². The van der Waals surface area contributed by atoms with Gasteiger partial charge in [-0.1, -0.05) is 330 Å². The minimum absolute atomic E-state index is 0. The van der Waals surface area contributed by atoms with Gasteiger partial charge in [-0.05, 0) is 84.7 Å². The number of hydrogen-bond donors (Lipinski definition) is 0. The van der Waals surface area contributed by atoms with Crippen LogP contribution >= 0.6 is 28.1 Å². The molecule has 8 unspecified atom stereocenters. The van der Waals surface area contributed by atoms with Crippen LogP contribution < -0.4 is 37.7 Å². The Morgan fingerprint density at radius 2 is 0.699 bits per heavy atom. The van der Waals surface area contributed by atoms with Crippen molar-refractivity contribution in [2.45, 2.75) is 272 Å². The van der Waals surface area contributed by atoms with E-state index in [1.165, 1.54) is 50.7 Å². The van der Waals surface area contributed by atoms with Crippen LogP contribution in [0.1, 0.15) is 162 Å². The number of benzene rings is 2. The summed E-state index contributed by atoms with van der Waals surface area (Å²) in [6.07, 6.45) is 50.4. The van der Waals surface area contributed by atoms with Gasteiger partial charge in [-0.15, -0.1) is 0 Å². The van der Waals surface area contributed by atoms with Crippen LogP contribution in [-0.2, 0) is 20.8 Å². The van der Waals surface area contributed by atoms with Gasteiger partial charge < -0.3 is 14.9 Å². The van der Waals surface area contributed by atoms with Crippen LogP contribution in [0.25, 0.3) is 12.2 Å². The molecule has 454 valence electrons. The van der Waals surface area contributed by atoms with Crippen molar-refractivity contribution in [2.24, 2.45) is 23.7 Å². The van der Waals surface area contributed by atoms with Gasteiger partial charge in [0.2, 0.25) is 0 Å². The van der Waals surface area contributed by atoms with E-state index in [0.29, 0.717) is 11.1 Å². The normalized spacial score (nSPS) is 26.7. The molecule has 2 aromatic rings. The average Bonchev–Trinajstić information content (AvgIpc) is 4.40. The Morgan fingerprint density at radius 3 is 1.06 bits per heavy atom. The van der Waals surface area contributed by atoms with Crippen molar-refractivity contribution < 1.29 is 58.6 Å². The molecule has 11 rings (SSSR count). The quantitative estimate of drug-likeness (QED) is 0.120. The number of rotatable bonds is 11. The van der Waals surface area contributed by atoms with E-state index in [1.807, 2.05) is 0 Å². The summed E-state index contributed by atoms with van der Waals surface area (Å²) in [5.41, 5.74) is 12.7. The van der Waals surface area contributed by atoms with Gasteiger partial charge in [0.1, 0.15) is 6.90 Å². The summed E-state index contributed by atoms with van der Waals surface area (Å²) >= 11 is 5.91. The fraction of sp³-hybridized carbons (Fsp3) is 0.681. The molecular formula is C69H121Cl3Li2Si8Zr+2. The molecule has 0 nitrogen and oxygen atoms in total. The van der Waals surface area contributed by atoms with Crippen molar-refractivity contribution in [1.29, 1.82) is 0 Å². The Balaban J connectivity index is 0.000000282. The maximum absolute atomic E-state index is 6.74. The molecule has 0 bridgehead atoms. The van der Waals surface area contributed by atoms with Crippen LogP contribution in [0.4, 0.5) is 0 Å². The van der Waals surface area contributed by atoms with E-state index in [-0.39, 0.29) is 52.6 Å². The Hall–Kier alpha value is 2.08. The van der Waals surface area contributed by atoms with Crippen molar-refractivity contribution in [1.82, 2.24) is 0 Å². The second-order valence-electron chi connectivity index (χ2n) is 31.6. The van der Waals surface area contributed by atoms with Gasteiger partial charge in [-0.2, -0.15) is 11.1 Å². The van der Waals surface area contributed by atoms with Crippen molar-refractivity contribution in [3.8, 4) is 0 Å². The molecule has 2 aromatic carbocycles. The Bertz CT molecular complexity index is 2340. The molecule has 0 amide bonds. The molecule has 14 heteroatoms. The predicted molar refractivity (Wildman–Crippen MR) is 390 cm³/mol. The summed E-state index contributed by atoms with van der Waals surface area (Å²) in [5.74, 6) is 4.62. The largest absolute Gasteiger partial charge is 1.00 e. The number of fused-ring (bicyclic) bond motifs is 4. The molecule has 0 heterocycles. The standard InChI is InChI=1S/2C18H36Si2.C18H24Si2.C13H19ClSi2.2CH3.2ClH.2Li.Zr/c3*1-19(2,16-10-6-7-11-16)20(3,4)18-14-13-15-9-5-8-12-17(15)18;1-15(2,16(3,4)14)13-10-9-11-7-5-6-8-12(11)13;;;;;;;/h2*15-18H,5-14H2,1-4H3;5-14,16,18H,1-4H3;5-10,13H,1-4H3;2*1H3;2*1H;;;/q;;;;2*-1;;;2*+1;+4/p-2. The first-order valence-electron chi connectivity index (χ1n) is 32.6. The van der Waals surface area contributed by atoms with E-state index < -0.39 is 80.9 Å². The van der Waals surface area contributed by atoms with Gasteiger partial charge in [-0.3, -0.25) is 0 Å². The summed E-state index contributed by atoms with van der Waals surface area (Å²) in [4.78, 5) is 0. The van der Waals surface area contributed by atoms with E-state index in [2.05, 4.69) is 202 Å². The molecular weight excluding hydrogens is 1260 g/mol. The first-order chi connectivity index (χ1) is 37.1. The zero-order chi connectivity index (χ0) is 57.8. The fourth-order valence-electron chi connectivity index (χ4n) is 18.4. The van der Waals surface area contributed by atoms with Crippen molar-refractivity contribution in [2.75, 3.05) is 0 Å². The van der Waals surface area contributed by atoms with Crippen LogP contribution in [0.15, 0.2) is 85.0 Å². The zero-order valence-electron chi connectivity index (χ0n) is 57.4. The fourth-order valence-corrected chi connectivity index (χ4v) is 64.0. The third-order valence-electron chi connectivity index (χ3n) is 26.5. The second kappa shape index (κ2) is 33.3. The molecule has 83 heavy (non-hydrogen) atoms. The van der Waals surface area contributed by atoms with Crippen molar-refractivity contribution in [3.05, 3.63) is 122 Å². The SMILES string of the molecule is C[Si](C)(C1C=CC=C1)[Si](C)(C)C1C=Cc2ccccc21.C[Si](C)(C1CCCC1)[Si](C)(C)C1CCC2CCCCC21.C[Si](C)(C1CCCC1)[Si](C)(C)C1CCC2CCCCC21.C[Si](C)(Cl)[Si](C)(C)C1C=Cc2ccccc21.[CH3-].[CH3-].[Cl][Zr+2][Cl].[Li+].[Li+]. The average molecular weight is 1390 g/mol. The van der Waals surface area contributed by atoms with E-state index in [4.69, 9.17) is 28.1 Å². The first kappa shape index (κ1) is 79.3. The Labute approximate surface area is 570 Å². The zero-order valence-corrected chi connectivity index (χ0v) is 70.1. The van der Waals surface area contributed by atoms with Crippen LogP contribution in [0.2, 0.25) is 132 Å². The smallest absolute Gasteiger partial charge is 1.00 e. The van der Waals surface area contributed by atoms with E-state index in [0.717, 1.165) is 17.4 Å². The van der Waals surface area contributed by atoms with E-state index in [9.17, 15) is 0 Å². The molecule has 6 saturated carbocycles. The molecule has 0 saturated heterocycles. The molecule has 6 fully saturated rings. The monoisotopic (exact) mass is 1380 g/mol. The van der Waals surface area contributed by atoms with Gasteiger partial charge in [0, 0.05) is 30.4 Å². The molecule has 0 aromatic heterocycles. The van der Waals surface area contributed by atoms with Gasteiger partial charge in [-0.25, -0.2) is 0 Å². The molecule has 9 aliphatic carbocycles. The minimum Gasteiger partial charge on any atom is 1.00 e. The van der Waals surface area contributed by atoms with Crippen LogP contribution in [0, 0.1) is 38.5 Å². The summed E-state index contributed by atoms with van der Waals surface area (Å²) in [6.45, 7) is 41.0. The number of hydrogen-bond acceptors (Lipinski definition) is 0. The summed E-state index contributed by atoms with van der Waals surface area (Å²) in [6, 6.07) is 17.7. The molecule has 9 aliphatic rings. The van der Waals surface area contributed by atoms with Crippen LogP contribution in [0.3, 0.4) is 0 Å². The molecule has 0 N–H and O–H groups in total. The van der Waals surface area contributed by atoms with Gasteiger partial charge >= 0.3 is 75.6 Å². The van der Waals surface area contributed by atoms with E-state index >= 15 is 0 Å². The van der Waals surface area contributed by atoms with E-state index in [1.54, 1.807) is 134 Å². The predicted octanol–water partition coefficient (Wildman–Crippen LogP) is 19.0. The summed E-state index contributed by atoms with van der Waals surface area (Å²) in [5, 5.41) is 0. The van der Waals surface area contributed by atoms with Gasteiger partial charge in [0.05, 0.1) is 22.8 Å². The van der Waals surface area contributed by atoms with Crippen LogP contribution in [0.5, 0.6) is 0 Å². The Kier molecular flexibility index (Phi) is 31.8. The maximum atomic E-state index is 6.74. The minimum atomic E-state index is -1.56. The summed E-state index contributed by atoms with van der Waals surface area (Å²) < 4.78 is 0. The molecule has 0 spiro atoms. The van der Waals surface area contributed by atoms with Crippen molar-refractivity contribution in [3.63, 3.8) is 0 Å². The number of allylic oxidation sites excluding steroid dienone is 6. The van der Waals surface area contributed by atoms with Gasteiger partial charge in [0.25, 0.3) is 0 Å². The number of halogens is 3. The topological polar surface area (TPSA) is 0 Å². The van der Waals surface area contributed by atoms with Crippen LogP contribution in [-0.4, -0.2) is 60.0 Å².